The zero-order valence-corrected chi connectivity index (χ0v) is 12.2. The number of hydrogen-bond acceptors (Lipinski definition) is 4. The molecule has 110 valence electrons. The first-order valence-electron chi connectivity index (χ1n) is 6.30. The molecule has 0 spiro atoms. The Morgan fingerprint density at radius 2 is 2.24 bits per heavy atom. The molecule has 0 aliphatic heterocycles. The standard InChI is InChI=1S/C15H15ClN2O3/c1-21-13-4-2-3-10(7-13)14(19)15(20)18-9-12-6-5-11(16)8-17-12/h2-8,14,19H,9H2,1H3,(H,18,20). The van der Waals surface area contributed by atoms with E-state index in [9.17, 15) is 9.90 Å². The molecule has 5 nitrogen and oxygen atoms in total. The Morgan fingerprint density at radius 1 is 1.43 bits per heavy atom. The summed E-state index contributed by atoms with van der Waals surface area (Å²) in [6, 6.07) is 10.1. The van der Waals surface area contributed by atoms with Gasteiger partial charge in [-0.25, -0.2) is 0 Å². The SMILES string of the molecule is COc1cccc(C(O)C(=O)NCc2ccc(Cl)cn2)c1. The van der Waals surface area contributed by atoms with Crippen molar-refractivity contribution < 1.29 is 14.6 Å². The van der Waals surface area contributed by atoms with Gasteiger partial charge in [0.15, 0.2) is 6.10 Å². The number of aliphatic hydroxyl groups excluding tert-OH is 1. The fourth-order valence-electron chi connectivity index (χ4n) is 1.75. The summed E-state index contributed by atoms with van der Waals surface area (Å²) in [6.07, 6.45) is 0.244. The molecule has 0 saturated carbocycles. The third-order valence-corrected chi connectivity index (χ3v) is 3.11. The molecule has 21 heavy (non-hydrogen) atoms. The molecule has 6 heteroatoms. The van der Waals surface area contributed by atoms with E-state index >= 15 is 0 Å². The summed E-state index contributed by atoms with van der Waals surface area (Å²) in [5.41, 5.74) is 1.13. The van der Waals surface area contributed by atoms with Crippen LogP contribution in [-0.4, -0.2) is 23.1 Å². The minimum absolute atomic E-state index is 0.219. The van der Waals surface area contributed by atoms with Gasteiger partial charge in [-0.2, -0.15) is 0 Å². The van der Waals surface area contributed by atoms with Gasteiger partial charge in [0.1, 0.15) is 5.75 Å². The molecule has 2 aromatic rings. The van der Waals surface area contributed by atoms with Gasteiger partial charge in [-0.05, 0) is 29.8 Å². The number of ether oxygens (including phenoxy) is 1. The number of nitrogens with one attached hydrogen (secondary N) is 1. The van der Waals surface area contributed by atoms with E-state index in [4.69, 9.17) is 16.3 Å². The number of aromatic nitrogens is 1. The zero-order chi connectivity index (χ0) is 15.2. The van der Waals surface area contributed by atoms with Crippen molar-refractivity contribution in [2.24, 2.45) is 0 Å². The normalized spacial score (nSPS) is 11.8. The molecule has 1 heterocycles. The molecule has 0 fully saturated rings. The van der Waals surface area contributed by atoms with E-state index in [2.05, 4.69) is 10.3 Å². The molecule has 1 aromatic heterocycles. The summed E-state index contributed by atoms with van der Waals surface area (Å²) in [5, 5.41) is 13.2. The van der Waals surface area contributed by atoms with E-state index in [0.29, 0.717) is 22.0 Å². The number of carbonyl (C=O) groups excluding carboxylic acids is 1. The molecular formula is C15H15ClN2O3. The van der Waals surface area contributed by atoms with Crippen LogP contribution in [0.4, 0.5) is 0 Å². The maximum atomic E-state index is 11.9. The van der Waals surface area contributed by atoms with Crippen molar-refractivity contribution in [1.82, 2.24) is 10.3 Å². The lowest BCUT2D eigenvalue weighted by molar-refractivity contribution is -0.129. The van der Waals surface area contributed by atoms with Gasteiger partial charge in [0.2, 0.25) is 0 Å². The Bertz CT molecular complexity index is 617. The average molecular weight is 307 g/mol. The van der Waals surface area contributed by atoms with Crippen LogP contribution in [0.2, 0.25) is 5.02 Å². The molecule has 0 aliphatic carbocycles. The van der Waals surface area contributed by atoms with Gasteiger partial charge in [-0.15, -0.1) is 0 Å². The smallest absolute Gasteiger partial charge is 0.253 e. The number of carbonyl (C=O) groups is 1. The zero-order valence-electron chi connectivity index (χ0n) is 11.4. The summed E-state index contributed by atoms with van der Waals surface area (Å²) in [4.78, 5) is 16.0. The molecule has 0 bridgehead atoms. The highest BCUT2D eigenvalue weighted by atomic mass is 35.5. The third kappa shape index (κ3) is 4.18. The Hall–Kier alpha value is -2.11. The van der Waals surface area contributed by atoms with Crippen LogP contribution in [0.1, 0.15) is 17.4 Å². The predicted octanol–water partition coefficient (Wildman–Crippen LogP) is 2.09. The lowest BCUT2D eigenvalue weighted by Crippen LogP contribution is -2.29. The molecule has 0 radical (unpaired) electrons. The third-order valence-electron chi connectivity index (χ3n) is 2.89. The van der Waals surface area contributed by atoms with E-state index in [1.165, 1.54) is 13.3 Å². The highest BCUT2D eigenvalue weighted by molar-refractivity contribution is 6.30. The molecule has 0 saturated heterocycles. The first-order chi connectivity index (χ1) is 10.1. The van der Waals surface area contributed by atoms with Crippen molar-refractivity contribution in [3.05, 3.63) is 58.9 Å². The van der Waals surface area contributed by atoms with Gasteiger partial charge in [0, 0.05) is 6.20 Å². The Kier molecular flexibility index (Phi) is 5.14. The molecule has 2 rings (SSSR count). The minimum atomic E-state index is -1.26. The largest absolute Gasteiger partial charge is 0.497 e. The fourth-order valence-corrected chi connectivity index (χ4v) is 1.86. The van der Waals surface area contributed by atoms with Crippen LogP contribution in [-0.2, 0) is 11.3 Å². The topological polar surface area (TPSA) is 71.5 Å². The van der Waals surface area contributed by atoms with Crippen LogP contribution >= 0.6 is 11.6 Å². The maximum absolute atomic E-state index is 11.9. The van der Waals surface area contributed by atoms with Crippen LogP contribution in [0.5, 0.6) is 5.75 Å². The summed E-state index contributed by atoms with van der Waals surface area (Å²) in [6.45, 7) is 0.219. The van der Waals surface area contributed by atoms with Crippen molar-refractivity contribution in [2.45, 2.75) is 12.6 Å². The number of pyridine rings is 1. The summed E-state index contributed by atoms with van der Waals surface area (Å²) in [5.74, 6) is 0.0821. The van der Waals surface area contributed by atoms with Crippen molar-refractivity contribution in [3.8, 4) is 5.75 Å². The van der Waals surface area contributed by atoms with Crippen molar-refractivity contribution in [3.63, 3.8) is 0 Å². The van der Waals surface area contributed by atoms with Crippen molar-refractivity contribution in [2.75, 3.05) is 7.11 Å². The molecular weight excluding hydrogens is 292 g/mol. The van der Waals surface area contributed by atoms with Gasteiger partial charge in [0.05, 0.1) is 24.4 Å². The number of nitrogens with zero attached hydrogens (tertiary/aromatic N) is 1. The maximum Gasteiger partial charge on any atom is 0.253 e. The van der Waals surface area contributed by atoms with Gasteiger partial charge < -0.3 is 15.2 Å². The lowest BCUT2D eigenvalue weighted by atomic mass is 10.1. The van der Waals surface area contributed by atoms with Crippen molar-refractivity contribution in [1.29, 1.82) is 0 Å². The van der Waals surface area contributed by atoms with E-state index in [1.807, 2.05) is 0 Å². The van der Waals surface area contributed by atoms with Crippen LogP contribution < -0.4 is 10.1 Å². The second-order valence-electron chi connectivity index (χ2n) is 4.36. The van der Waals surface area contributed by atoms with Gasteiger partial charge in [-0.1, -0.05) is 23.7 Å². The van der Waals surface area contributed by atoms with Crippen LogP contribution in [0.25, 0.3) is 0 Å². The number of aliphatic hydroxyl groups is 1. The van der Waals surface area contributed by atoms with Crippen LogP contribution in [0, 0.1) is 0 Å². The number of amides is 1. The molecule has 1 unspecified atom stereocenters. The highest BCUT2D eigenvalue weighted by Gasteiger charge is 2.17. The fraction of sp³-hybridized carbons (Fsp3) is 0.200. The van der Waals surface area contributed by atoms with Gasteiger partial charge in [0.25, 0.3) is 5.91 Å². The second-order valence-corrected chi connectivity index (χ2v) is 4.80. The van der Waals surface area contributed by atoms with Gasteiger partial charge in [-0.3, -0.25) is 9.78 Å². The van der Waals surface area contributed by atoms with E-state index in [0.717, 1.165) is 0 Å². The quantitative estimate of drug-likeness (QED) is 0.887. The number of benzene rings is 1. The molecule has 1 atom stereocenters. The highest BCUT2D eigenvalue weighted by Crippen LogP contribution is 2.19. The molecule has 0 aliphatic rings. The van der Waals surface area contributed by atoms with E-state index in [-0.39, 0.29) is 6.54 Å². The first kappa shape index (κ1) is 15.3. The Balaban J connectivity index is 1.97. The van der Waals surface area contributed by atoms with Crippen LogP contribution in [0.15, 0.2) is 42.6 Å². The van der Waals surface area contributed by atoms with E-state index < -0.39 is 12.0 Å². The van der Waals surface area contributed by atoms with Gasteiger partial charge >= 0.3 is 0 Å². The average Bonchev–Trinajstić information content (AvgIpc) is 2.53. The molecule has 1 aromatic carbocycles. The minimum Gasteiger partial charge on any atom is -0.497 e. The summed E-state index contributed by atoms with van der Waals surface area (Å²) in [7, 11) is 1.53. The van der Waals surface area contributed by atoms with Crippen molar-refractivity contribution >= 4 is 17.5 Å². The number of hydrogen-bond donors (Lipinski definition) is 2. The summed E-state index contributed by atoms with van der Waals surface area (Å²) >= 11 is 5.73. The second kappa shape index (κ2) is 7.06. The summed E-state index contributed by atoms with van der Waals surface area (Å²) < 4.78 is 5.06. The Labute approximate surface area is 127 Å². The number of halogens is 1. The lowest BCUT2D eigenvalue weighted by Gasteiger charge is -2.12. The Morgan fingerprint density at radius 3 is 2.90 bits per heavy atom. The number of methoxy groups -OCH3 is 1. The van der Waals surface area contributed by atoms with E-state index in [1.54, 1.807) is 36.4 Å². The number of rotatable bonds is 5. The molecule has 2 N–H and O–H groups in total. The first-order valence-corrected chi connectivity index (χ1v) is 6.68. The monoisotopic (exact) mass is 306 g/mol. The van der Waals surface area contributed by atoms with Crippen LogP contribution in [0.3, 0.4) is 0 Å². The predicted molar refractivity (Wildman–Crippen MR) is 79.0 cm³/mol. The molecule has 1 amide bonds.